The zero-order valence-electron chi connectivity index (χ0n) is 13.0. The average molecular weight is 349 g/mol. The SMILES string of the molecule is [B]c1ccc(-c2c3c(c(O)n2C)C(c2ccc([B]C)s2)=NC3=O)s1. The second-order valence-corrected chi connectivity index (χ2v) is 7.67. The maximum atomic E-state index is 12.6. The van der Waals surface area contributed by atoms with E-state index in [4.69, 9.17) is 7.85 Å². The molecule has 3 aromatic heterocycles. The van der Waals surface area contributed by atoms with Crippen LogP contribution in [-0.4, -0.2) is 36.4 Å². The lowest BCUT2D eigenvalue weighted by atomic mass is 9.81. The van der Waals surface area contributed by atoms with Crippen LogP contribution in [0.3, 0.4) is 0 Å². The van der Waals surface area contributed by atoms with Crippen LogP contribution in [-0.2, 0) is 7.05 Å². The van der Waals surface area contributed by atoms with Gasteiger partial charge >= 0.3 is 0 Å². The predicted molar refractivity (Wildman–Crippen MR) is 101 cm³/mol. The first-order valence-corrected chi connectivity index (χ1v) is 8.94. The van der Waals surface area contributed by atoms with Crippen molar-refractivity contribution in [2.75, 3.05) is 0 Å². The van der Waals surface area contributed by atoms with E-state index in [1.807, 2.05) is 32.3 Å². The van der Waals surface area contributed by atoms with E-state index in [1.165, 1.54) is 11.3 Å². The lowest BCUT2D eigenvalue weighted by Crippen LogP contribution is -2.03. The maximum absolute atomic E-state index is 12.6. The van der Waals surface area contributed by atoms with E-state index in [2.05, 4.69) is 4.99 Å². The van der Waals surface area contributed by atoms with Crippen molar-refractivity contribution in [3.05, 3.63) is 40.3 Å². The van der Waals surface area contributed by atoms with Gasteiger partial charge in [-0.05, 0) is 21.7 Å². The van der Waals surface area contributed by atoms with E-state index in [-0.39, 0.29) is 11.8 Å². The number of aromatic hydroxyl groups is 1. The van der Waals surface area contributed by atoms with Crippen LogP contribution in [0.25, 0.3) is 10.6 Å². The predicted octanol–water partition coefficient (Wildman–Crippen LogP) is 1.68. The van der Waals surface area contributed by atoms with Crippen LogP contribution in [0.15, 0.2) is 29.3 Å². The summed E-state index contributed by atoms with van der Waals surface area (Å²) >= 11 is 2.92. The van der Waals surface area contributed by atoms with Crippen LogP contribution in [0.2, 0.25) is 6.82 Å². The molecule has 4 heterocycles. The molecule has 4 nitrogen and oxygen atoms in total. The van der Waals surface area contributed by atoms with E-state index in [0.717, 1.165) is 14.5 Å². The van der Waals surface area contributed by atoms with Gasteiger partial charge < -0.3 is 9.67 Å². The van der Waals surface area contributed by atoms with Gasteiger partial charge in [0.25, 0.3) is 5.91 Å². The van der Waals surface area contributed by atoms with Crippen LogP contribution in [0.1, 0.15) is 20.8 Å². The Labute approximate surface area is 149 Å². The Balaban J connectivity index is 1.93. The van der Waals surface area contributed by atoms with Gasteiger partial charge in [0.1, 0.15) is 7.85 Å². The number of hydrogen-bond donors (Lipinski definition) is 1. The zero-order chi connectivity index (χ0) is 17.0. The molecular formula is C16H11B2N2O2S2. The minimum atomic E-state index is -0.326. The number of carbonyl (C=O) groups is 1. The normalized spacial score (nSPS) is 13.2. The van der Waals surface area contributed by atoms with Gasteiger partial charge in [-0.3, -0.25) is 4.79 Å². The molecule has 3 aromatic rings. The molecule has 0 aliphatic carbocycles. The number of fused-ring (bicyclic) bond motifs is 1. The smallest absolute Gasteiger partial charge is 0.280 e. The monoisotopic (exact) mass is 349 g/mol. The molecule has 0 spiro atoms. The summed E-state index contributed by atoms with van der Waals surface area (Å²) < 4.78 is 3.38. The molecule has 1 amide bonds. The standard InChI is InChI=1S/C16H11B2N2O2S2/c1-18-10-6-4-7(24-10)13-11-12(15(21)19-13)14(20(2)16(11)22)8-3-5-9(17)23-8/h3-6,22H,1-2H3. The fraction of sp³-hybridized carbons (Fsp3) is 0.125. The van der Waals surface area contributed by atoms with Gasteiger partial charge in [0, 0.05) is 7.05 Å². The lowest BCUT2D eigenvalue weighted by Gasteiger charge is -2.04. The third kappa shape index (κ3) is 2.13. The van der Waals surface area contributed by atoms with Crippen LogP contribution in [0, 0.1) is 0 Å². The Hall–Kier alpha value is -2.05. The molecule has 4 rings (SSSR count). The van der Waals surface area contributed by atoms with Crippen LogP contribution in [0.5, 0.6) is 5.88 Å². The number of hydrogen-bond acceptors (Lipinski definition) is 4. The molecule has 0 aromatic carbocycles. The van der Waals surface area contributed by atoms with Crippen molar-refractivity contribution in [3.63, 3.8) is 0 Å². The van der Waals surface area contributed by atoms with E-state index in [9.17, 15) is 9.90 Å². The fourth-order valence-corrected chi connectivity index (χ4v) is 4.65. The summed E-state index contributed by atoms with van der Waals surface area (Å²) in [6.45, 7) is 1.96. The van der Waals surface area contributed by atoms with E-state index < -0.39 is 0 Å². The van der Waals surface area contributed by atoms with Gasteiger partial charge in [-0.15, -0.1) is 11.3 Å². The molecule has 1 aliphatic heterocycles. The molecular weight excluding hydrogens is 338 g/mol. The number of carbonyl (C=O) groups excluding carboxylic acids is 1. The van der Waals surface area contributed by atoms with Gasteiger partial charge in [0.15, 0.2) is 7.28 Å². The molecule has 0 fully saturated rings. The highest BCUT2D eigenvalue weighted by Gasteiger charge is 2.36. The number of nitrogens with zero attached hydrogens (tertiary/aromatic N) is 2. The van der Waals surface area contributed by atoms with Gasteiger partial charge in [0.05, 0.1) is 32.3 Å². The number of thiophene rings is 2. The van der Waals surface area contributed by atoms with Crippen molar-refractivity contribution >= 4 is 59.0 Å². The highest BCUT2D eigenvalue weighted by Crippen LogP contribution is 2.41. The summed E-state index contributed by atoms with van der Waals surface area (Å²) in [5, 5.41) is 10.6. The van der Waals surface area contributed by atoms with E-state index >= 15 is 0 Å². The highest BCUT2D eigenvalue weighted by molar-refractivity contribution is 7.23. The first-order chi connectivity index (χ1) is 11.5. The Kier molecular flexibility index (Phi) is 3.54. The topological polar surface area (TPSA) is 54.6 Å². The Morgan fingerprint density at radius 3 is 2.54 bits per heavy atom. The summed E-state index contributed by atoms with van der Waals surface area (Å²) in [4.78, 5) is 18.5. The van der Waals surface area contributed by atoms with E-state index in [0.29, 0.717) is 27.3 Å². The zero-order valence-corrected chi connectivity index (χ0v) is 14.7. The summed E-state index contributed by atoms with van der Waals surface area (Å²) in [6.07, 6.45) is 0. The molecule has 24 heavy (non-hydrogen) atoms. The Bertz CT molecular complexity index is 1010. The fourth-order valence-electron chi connectivity index (χ4n) is 2.90. The average Bonchev–Trinajstić information content (AvgIpc) is 3.29. The first kappa shape index (κ1) is 15.5. The highest BCUT2D eigenvalue weighted by atomic mass is 32.1. The minimum absolute atomic E-state index is 0.0481. The van der Waals surface area contributed by atoms with Crippen LogP contribution < -0.4 is 9.55 Å². The third-order valence-corrected chi connectivity index (χ3v) is 6.11. The molecule has 1 N–H and O–H groups in total. The number of amides is 1. The van der Waals surface area contributed by atoms with Gasteiger partial charge in [-0.2, -0.15) is 11.3 Å². The molecule has 8 heteroatoms. The molecule has 0 unspecified atom stereocenters. The summed E-state index contributed by atoms with van der Waals surface area (Å²) in [5.41, 5.74) is 2.15. The second kappa shape index (κ2) is 5.50. The molecule has 0 atom stereocenters. The first-order valence-electron chi connectivity index (χ1n) is 7.31. The van der Waals surface area contributed by atoms with Crippen LogP contribution in [0.4, 0.5) is 0 Å². The van der Waals surface area contributed by atoms with Gasteiger partial charge in [-0.1, -0.05) is 19.0 Å². The van der Waals surface area contributed by atoms with Crippen molar-refractivity contribution in [1.29, 1.82) is 0 Å². The number of aliphatic imine (C=N–C) groups is 1. The van der Waals surface area contributed by atoms with Gasteiger partial charge in [-0.25, -0.2) is 4.99 Å². The van der Waals surface area contributed by atoms with Crippen molar-refractivity contribution in [3.8, 4) is 16.5 Å². The summed E-state index contributed by atoms with van der Waals surface area (Å²) in [6, 6.07) is 7.55. The number of rotatable bonds is 3. The maximum Gasteiger partial charge on any atom is 0.280 e. The van der Waals surface area contributed by atoms with Crippen LogP contribution >= 0.6 is 22.7 Å². The van der Waals surface area contributed by atoms with E-state index in [1.54, 1.807) is 29.0 Å². The van der Waals surface area contributed by atoms with Crippen molar-refractivity contribution in [2.24, 2.45) is 12.0 Å². The Morgan fingerprint density at radius 2 is 1.92 bits per heavy atom. The second-order valence-electron chi connectivity index (χ2n) is 5.44. The molecule has 0 bridgehead atoms. The van der Waals surface area contributed by atoms with Crippen molar-refractivity contribution in [1.82, 2.24) is 4.57 Å². The summed E-state index contributed by atoms with van der Waals surface area (Å²) in [7, 11) is 9.56. The molecule has 0 saturated heterocycles. The minimum Gasteiger partial charge on any atom is -0.494 e. The lowest BCUT2D eigenvalue weighted by molar-refractivity contribution is 0.101. The van der Waals surface area contributed by atoms with Crippen molar-refractivity contribution < 1.29 is 9.90 Å². The molecule has 0 saturated carbocycles. The van der Waals surface area contributed by atoms with Gasteiger partial charge in [0.2, 0.25) is 5.88 Å². The quantitative estimate of drug-likeness (QED) is 0.732. The molecule has 115 valence electrons. The van der Waals surface area contributed by atoms with Crippen molar-refractivity contribution in [2.45, 2.75) is 6.82 Å². The number of aromatic nitrogens is 1. The largest absolute Gasteiger partial charge is 0.494 e. The molecule has 1 aliphatic rings. The Morgan fingerprint density at radius 1 is 1.17 bits per heavy atom. The summed E-state index contributed by atoms with van der Waals surface area (Å²) in [5.74, 6) is -0.278. The third-order valence-electron chi connectivity index (χ3n) is 4.03. The molecule has 3 radical (unpaired) electrons.